The molecule has 4 fully saturated rings. The van der Waals surface area contributed by atoms with Crippen molar-refractivity contribution in [1.82, 2.24) is 20.8 Å². The molecule has 1 aromatic carbocycles. The molecule has 0 bridgehead atoms. The van der Waals surface area contributed by atoms with Crippen LogP contribution in [-0.2, 0) is 14.9 Å². The second-order valence-electron chi connectivity index (χ2n) is 11.1. The molecule has 4 N–H and O–H groups in total. The quantitative estimate of drug-likeness (QED) is 0.448. The van der Waals surface area contributed by atoms with E-state index in [4.69, 9.17) is 19.2 Å². The van der Waals surface area contributed by atoms with Crippen LogP contribution in [0, 0.1) is 17.8 Å². The van der Waals surface area contributed by atoms with E-state index in [0.29, 0.717) is 48.7 Å². The number of fused-ring (bicyclic) bond motifs is 3. The number of ether oxygens (including phenoxy) is 3. The number of methoxy groups -OCH3 is 2. The van der Waals surface area contributed by atoms with E-state index in [1.807, 2.05) is 18.2 Å². The number of nitrogens with zero attached hydrogens (tertiary/aromatic N) is 3. The molecule has 6 atom stereocenters. The number of hydrogen-bond acceptors (Lipinski definition) is 10. The first-order valence-corrected chi connectivity index (χ1v) is 13.6. The molecule has 3 aliphatic heterocycles. The minimum absolute atomic E-state index is 0.0111. The molecule has 2 aromatic rings. The fourth-order valence-electron chi connectivity index (χ4n) is 7.22. The van der Waals surface area contributed by atoms with Gasteiger partial charge in [-0.15, -0.1) is 0 Å². The number of anilines is 3. The van der Waals surface area contributed by atoms with Crippen molar-refractivity contribution in [2.45, 2.75) is 43.3 Å². The van der Waals surface area contributed by atoms with Gasteiger partial charge in [0.1, 0.15) is 11.6 Å². The first-order chi connectivity index (χ1) is 18.6. The summed E-state index contributed by atoms with van der Waals surface area (Å²) in [5.41, 5.74) is 8.65. The van der Waals surface area contributed by atoms with Crippen molar-refractivity contribution < 1.29 is 19.0 Å². The third-order valence-corrected chi connectivity index (χ3v) is 9.29. The van der Waals surface area contributed by atoms with Crippen molar-refractivity contribution in [1.29, 1.82) is 0 Å². The molecule has 202 valence electrons. The van der Waals surface area contributed by atoms with Gasteiger partial charge in [0.2, 0.25) is 5.91 Å². The summed E-state index contributed by atoms with van der Waals surface area (Å²) in [6.07, 6.45) is 5.88. The van der Waals surface area contributed by atoms with Gasteiger partial charge in [0.15, 0.2) is 5.82 Å². The van der Waals surface area contributed by atoms with Gasteiger partial charge in [-0.25, -0.2) is 15.4 Å². The van der Waals surface area contributed by atoms with Gasteiger partial charge in [0.05, 0.1) is 45.2 Å². The predicted octanol–water partition coefficient (Wildman–Crippen LogP) is 1.87. The number of amides is 1. The Kier molecular flexibility index (Phi) is 5.82. The summed E-state index contributed by atoms with van der Waals surface area (Å²) in [5, 5.41) is 6.69. The lowest BCUT2D eigenvalue weighted by molar-refractivity contribution is -0.118. The summed E-state index contributed by atoms with van der Waals surface area (Å²) in [7, 11) is 3.30. The molecular weight excluding hydrogens is 486 g/mol. The molecule has 0 radical (unpaired) electrons. The molecule has 2 saturated heterocycles. The maximum absolute atomic E-state index is 13.1. The SMILES string of the molecule is COc1ccc2c(c1)[C@]1(C[C@H]1C1CCC3C(C1)NNC3Nc1nc(N3CCOCC3)cnc1OC)C(=O)N2. The topological polar surface area (TPSA) is 122 Å². The highest BCUT2D eigenvalue weighted by Gasteiger charge is 2.67. The van der Waals surface area contributed by atoms with Crippen molar-refractivity contribution >= 4 is 23.2 Å². The van der Waals surface area contributed by atoms with Gasteiger partial charge in [0, 0.05) is 30.7 Å². The van der Waals surface area contributed by atoms with E-state index >= 15 is 0 Å². The van der Waals surface area contributed by atoms with Crippen molar-refractivity contribution in [2.24, 2.45) is 17.8 Å². The highest BCUT2D eigenvalue weighted by molar-refractivity contribution is 6.09. The third-order valence-electron chi connectivity index (χ3n) is 9.29. The fourth-order valence-corrected chi connectivity index (χ4v) is 7.22. The summed E-state index contributed by atoms with van der Waals surface area (Å²) in [4.78, 5) is 24.7. The molecule has 1 amide bonds. The van der Waals surface area contributed by atoms with Gasteiger partial charge in [-0.1, -0.05) is 0 Å². The molecule has 11 heteroatoms. The Labute approximate surface area is 222 Å². The van der Waals surface area contributed by atoms with Crippen LogP contribution >= 0.6 is 0 Å². The Morgan fingerprint density at radius 1 is 1.16 bits per heavy atom. The minimum Gasteiger partial charge on any atom is -0.497 e. The standard InChI is InChI=1S/C27H35N7O4/c1-36-16-4-6-20-18(12-16)27(26(35)29-20)13-19(27)15-3-5-17-21(11-15)32-33-23(17)31-24-25(37-2)28-14-22(30-24)34-7-9-38-10-8-34/h4,6,12,14-15,17,19,21,23,32-33H,3,5,7-11,13H2,1-2H3,(H,29,35)(H,30,31)/t15?,17?,19-,21?,23?,27-/m0/s1. The van der Waals surface area contributed by atoms with Gasteiger partial charge in [0.25, 0.3) is 5.88 Å². The van der Waals surface area contributed by atoms with Crippen LogP contribution < -0.4 is 35.9 Å². The highest BCUT2D eigenvalue weighted by Crippen LogP contribution is 2.65. The first-order valence-electron chi connectivity index (χ1n) is 13.6. The van der Waals surface area contributed by atoms with Crippen molar-refractivity contribution in [3.8, 4) is 11.6 Å². The normalized spacial score (nSPS) is 33.5. The number of benzene rings is 1. The lowest BCUT2D eigenvalue weighted by Gasteiger charge is -2.34. The first kappa shape index (κ1) is 23.9. The molecule has 38 heavy (non-hydrogen) atoms. The average molecular weight is 522 g/mol. The van der Waals surface area contributed by atoms with Crippen LogP contribution in [0.15, 0.2) is 24.4 Å². The number of hydrogen-bond donors (Lipinski definition) is 4. The van der Waals surface area contributed by atoms with E-state index in [1.54, 1.807) is 20.4 Å². The summed E-state index contributed by atoms with van der Waals surface area (Å²) in [5.74, 6) is 4.16. The zero-order valence-electron chi connectivity index (χ0n) is 21.8. The molecule has 1 aromatic heterocycles. The summed E-state index contributed by atoms with van der Waals surface area (Å²) in [6.45, 7) is 2.98. The van der Waals surface area contributed by atoms with Crippen molar-refractivity contribution in [3.05, 3.63) is 30.0 Å². The molecule has 2 aliphatic carbocycles. The maximum atomic E-state index is 13.1. The fraction of sp³-hybridized carbons (Fsp3) is 0.593. The molecule has 11 nitrogen and oxygen atoms in total. The molecule has 1 spiro atoms. The number of rotatable bonds is 6. The third kappa shape index (κ3) is 3.78. The van der Waals surface area contributed by atoms with Gasteiger partial charge < -0.3 is 29.7 Å². The van der Waals surface area contributed by atoms with Gasteiger partial charge in [-0.3, -0.25) is 10.2 Å². The number of hydrazine groups is 1. The molecular formula is C27H35N7O4. The molecule has 2 saturated carbocycles. The second kappa shape index (κ2) is 9.25. The van der Waals surface area contributed by atoms with Gasteiger partial charge in [-0.2, -0.15) is 0 Å². The van der Waals surface area contributed by atoms with Gasteiger partial charge >= 0.3 is 0 Å². The Morgan fingerprint density at radius 2 is 2.03 bits per heavy atom. The van der Waals surface area contributed by atoms with E-state index in [0.717, 1.165) is 61.6 Å². The average Bonchev–Trinajstić information content (AvgIpc) is 3.51. The minimum atomic E-state index is -0.395. The summed E-state index contributed by atoms with van der Waals surface area (Å²) >= 11 is 0. The monoisotopic (exact) mass is 521 g/mol. The lowest BCUT2D eigenvalue weighted by Crippen LogP contribution is -2.40. The Bertz CT molecular complexity index is 1240. The molecule has 4 heterocycles. The molecule has 7 rings (SSSR count). The van der Waals surface area contributed by atoms with Crippen LogP contribution in [0.5, 0.6) is 11.6 Å². The van der Waals surface area contributed by atoms with E-state index in [-0.39, 0.29) is 12.1 Å². The highest BCUT2D eigenvalue weighted by atomic mass is 16.5. The summed E-state index contributed by atoms with van der Waals surface area (Å²) < 4.78 is 16.5. The van der Waals surface area contributed by atoms with Crippen LogP contribution in [0.3, 0.4) is 0 Å². The van der Waals surface area contributed by atoms with Gasteiger partial charge in [-0.05, 0) is 61.3 Å². The number of carbonyl (C=O) groups excluding carboxylic acids is 1. The van der Waals surface area contributed by atoms with Crippen LogP contribution in [0.25, 0.3) is 0 Å². The number of morpholine rings is 1. The second-order valence-corrected chi connectivity index (χ2v) is 11.1. The van der Waals surface area contributed by atoms with E-state index < -0.39 is 5.41 Å². The smallest absolute Gasteiger partial charge is 0.257 e. The van der Waals surface area contributed by atoms with Crippen molar-refractivity contribution in [2.75, 3.05) is 56.1 Å². The number of nitrogens with one attached hydrogen (secondary N) is 4. The number of aromatic nitrogens is 2. The van der Waals surface area contributed by atoms with Crippen LogP contribution in [0.1, 0.15) is 31.2 Å². The van der Waals surface area contributed by atoms with Crippen molar-refractivity contribution in [3.63, 3.8) is 0 Å². The zero-order valence-corrected chi connectivity index (χ0v) is 21.8. The molecule has 4 unspecified atom stereocenters. The Hall–Kier alpha value is -3.15. The predicted molar refractivity (Wildman–Crippen MR) is 141 cm³/mol. The zero-order chi connectivity index (χ0) is 25.9. The summed E-state index contributed by atoms with van der Waals surface area (Å²) in [6, 6.07) is 6.25. The van der Waals surface area contributed by atoms with E-state index in [9.17, 15) is 4.79 Å². The maximum Gasteiger partial charge on any atom is 0.257 e. The molecule has 5 aliphatic rings. The van der Waals surface area contributed by atoms with Crippen LogP contribution in [-0.4, -0.2) is 68.6 Å². The lowest BCUT2D eigenvalue weighted by atomic mass is 9.74. The van der Waals surface area contributed by atoms with E-state index in [1.165, 1.54) is 0 Å². The van der Waals surface area contributed by atoms with E-state index in [2.05, 4.69) is 31.4 Å². The number of carbonyl (C=O) groups is 1. The van der Waals surface area contributed by atoms with Crippen LogP contribution in [0.2, 0.25) is 0 Å². The van der Waals surface area contributed by atoms with Crippen LogP contribution in [0.4, 0.5) is 17.3 Å². The largest absolute Gasteiger partial charge is 0.497 e. The Balaban J connectivity index is 1.04. The Morgan fingerprint density at radius 3 is 2.84 bits per heavy atom.